The van der Waals surface area contributed by atoms with Crippen LogP contribution in [0.3, 0.4) is 0 Å². The van der Waals surface area contributed by atoms with Gasteiger partial charge < -0.3 is 9.97 Å². The number of imidazole rings is 1. The lowest BCUT2D eigenvalue weighted by Crippen LogP contribution is -2.19. The van der Waals surface area contributed by atoms with E-state index in [4.69, 9.17) is 0 Å². The van der Waals surface area contributed by atoms with E-state index in [9.17, 15) is 13.2 Å². The fourth-order valence-electron chi connectivity index (χ4n) is 2.61. The zero-order valence-electron chi connectivity index (χ0n) is 13.7. The molecule has 0 unspecified atom stereocenters. The third-order valence-electron chi connectivity index (χ3n) is 3.78. The van der Waals surface area contributed by atoms with Gasteiger partial charge in [-0.05, 0) is 35.2 Å². The second kappa shape index (κ2) is 5.52. The number of para-hydroxylation sites is 1. The number of hydrogen-bond acceptors (Lipinski definition) is 3. The normalized spacial score (nSPS) is 12.5. The molecule has 0 aliphatic heterocycles. The number of anilines is 1. The van der Waals surface area contributed by atoms with Crippen molar-refractivity contribution < 1.29 is 8.42 Å². The Bertz CT molecular complexity index is 1060. The van der Waals surface area contributed by atoms with Crippen molar-refractivity contribution in [3.8, 4) is 0 Å². The maximum absolute atomic E-state index is 12.7. The van der Waals surface area contributed by atoms with Crippen molar-refractivity contribution in [1.29, 1.82) is 0 Å². The van der Waals surface area contributed by atoms with Crippen LogP contribution in [-0.2, 0) is 15.4 Å². The first-order valence-electron chi connectivity index (χ1n) is 7.51. The highest BCUT2D eigenvalue weighted by Crippen LogP contribution is 2.30. The van der Waals surface area contributed by atoms with Crippen LogP contribution in [0.5, 0.6) is 0 Å². The van der Waals surface area contributed by atoms with Gasteiger partial charge in [-0.15, -0.1) is 0 Å². The Balaban J connectivity index is 2.03. The van der Waals surface area contributed by atoms with Crippen molar-refractivity contribution in [2.24, 2.45) is 0 Å². The molecule has 0 spiro atoms. The van der Waals surface area contributed by atoms with E-state index in [-0.39, 0.29) is 16.0 Å². The van der Waals surface area contributed by atoms with E-state index in [1.54, 1.807) is 18.2 Å². The molecule has 0 saturated carbocycles. The quantitative estimate of drug-likeness (QED) is 0.681. The van der Waals surface area contributed by atoms with Crippen molar-refractivity contribution in [2.45, 2.75) is 31.1 Å². The molecule has 1 aromatic heterocycles. The first-order chi connectivity index (χ1) is 11.2. The van der Waals surface area contributed by atoms with Gasteiger partial charge in [-0.1, -0.05) is 39.0 Å². The minimum absolute atomic E-state index is 0.0916. The van der Waals surface area contributed by atoms with Crippen LogP contribution < -0.4 is 10.4 Å². The Labute approximate surface area is 140 Å². The van der Waals surface area contributed by atoms with Gasteiger partial charge in [0.05, 0.1) is 21.6 Å². The number of sulfonamides is 1. The van der Waals surface area contributed by atoms with Crippen LogP contribution in [-0.4, -0.2) is 18.4 Å². The first-order valence-corrected chi connectivity index (χ1v) is 8.99. The topological polar surface area (TPSA) is 94.8 Å². The highest BCUT2D eigenvalue weighted by atomic mass is 32.2. The molecule has 1 heterocycles. The molecule has 126 valence electrons. The maximum atomic E-state index is 12.7. The Morgan fingerprint density at radius 1 is 0.958 bits per heavy atom. The molecule has 7 heteroatoms. The second-order valence-corrected chi connectivity index (χ2v) is 8.37. The average molecular weight is 345 g/mol. The smallest absolute Gasteiger partial charge is 0.306 e. The van der Waals surface area contributed by atoms with E-state index < -0.39 is 10.0 Å². The molecule has 0 bridgehead atoms. The van der Waals surface area contributed by atoms with Gasteiger partial charge in [0.2, 0.25) is 0 Å². The molecule has 3 N–H and O–H groups in total. The molecule has 0 radical (unpaired) electrons. The summed E-state index contributed by atoms with van der Waals surface area (Å²) >= 11 is 0. The van der Waals surface area contributed by atoms with Crippen molar-refractivity contribution in [2.75, 3.05) is 4.72 Å². The molecule has 0 aliphatic rings. The standard InChI is InChI=1S/C17H19N3O3S/c1-17(2,3)12-6-4-5-7-13(12)20-24(22,23)11-8-9-14-15(10-11)19-16(21)18-14/h4-10,20H,1-3H3,(H2,18,19,21). The van der Waals surface area contributed by atoms with Gasteiger partial charge >= 0.3 is 5.69 Å². The number of fused-ring (bicyclic) bond motifs is 1. The van der Waals surface area contributed by atoms with E-state index >= 15 is 0 Å². The zero-order chi connectivity index (χ0) is 17.5. The van der Waals surface area contributed by atoms with E-state index in [1.165, 1.54) is 12.1 Å². The second-order valence-electron chi connectivity index (χ2n) is 6.69. The summed E-state index contributed by atoms with van der Waals surface area (Å²) in [5.74, 6) is 0. The summed E-state index contributed by atoms with van der Waals surface area (Å²) in [5, 5.41) is 0. The molecule has 0 aliphatic carbocycles. The fraction of sp³-hybridized carbons (Fsp3) is 0.235. The number of aromatic amines is 2. The van der Waals surface area contributed by atoms with Gasteiger partial charge in [-0.25, -0.2) is 13.2 Å². The zero-order valence-corrected chi connectivity index (χ0v) is 14.5. The van der Waals surface area contributed by atoms with E-state index in [0.717, 1.165) is 5.56 Å². The summed E-state index contributed by atoms with van der Waals surface area (Å²) in [6.45, 7) is 6.07. The van der Waals surface area contributed by atoms with E-state index in [1.807, 2.05) is 32.9 Å². The van der Waals surface area contributed by atoms with Crippen molar-refractivity contribution >= 4 is 26.7 Å². The maximum Gasteiger partial charge on any atom is 0.323 e. The van der Waals surface area contributed by atoms with Gasteiger partial charge in [0.25, 0.3) is 10.0 Å². The average Bonchev–Trinajstić information content (AvgIpc) is 2.85. The van der Waals surface area contributed by atoms with Crippen molar-refractivity contribution in [1.82, 2.24) is 9.97 Å². The van der Waals surface area contributed by atoms with Crippen LogP contribution in [0.25, 0.3) is 11.0 Å². The summed E-state index contributed by atoms with van der Waals surface area (Å²) in [4.78, 5) is 16.6. The molecule has 2 aromatic carbocycles. The molecule has 0 fully saturated rings. The largest absolute Gasteiger partial charge is 0.323 e. The molecule has 3 rings (SSSR count). The number of nitrogens with one attached hydrogen (secondary N) is 3. The molecule has 3 aromatic rings. The predicted octanol–water partition coefficient (Wildman–Crippen LogP) is 2.95. The summed E-state index contributed by atoms with van der Waals surface area (Å²) in [7, 11) is -3.76. The van der Waals surface area contributed by atoms with Crippen LogP contribution >= 0.6 is 0 Å². The van der Waals surface area contributed by atoms with Gasteiger partial charge in [0, 0.05) is 0 Å². The summed E-state index contributed by atoms with van der Waals surface area (Å²) in [5.41, 5.74) is 1.90. The minimum atomic E-state index is -3.76. The SMILES string of the molecule is CC(C)(C)c1ccccc1NS(=O)(=O)c1ccc2[nH]c(=O)[nH]c2c1. The Morgan fingerprint density at radius 2 is 1.62 bits per heavy atom. The van der Waals surface area contributed by atoms with Gasteiger partial charge in [-0.2, -0.15) is 0 Å². The molecule has 0 atom stereocenters. The summed E-state index contributed by atoms with van der Waals surface area (Å²) < 4.78 is 28.1. The minimum Gasteiger partial charge on any atom is -0.306 e. The van der Waals surface area contributed by atoms with E-state index in [0.29, 0.717) is 16.7 Å². The Hall–Kier alpha value is -2.54. The number of aromatic nitrogens is 2. The first kappa shape index (κ1) is 16.3. The lowest BCUT2D eigenvalue weighted by Gasteiger charge is -2.23. The highest BCUT2D eigenvalue weighted by Gasteiger charge is 2.22. The lowest BCUT2D eigenvalue weighted by molar-refractivity contribution is 0.590. The van der Waals surface area contributed by atoms with Crippen LogP contribution in [0.4, 0.5) is 5.69 Å². The van der Waals surface area contributed by atoms with Crippen molar-refractivity contribution in [3.05, 3.63) is 58.5 Å². The highest BCUT2D eigenvalue weighted by molar-refractivity contribution is 7.92. The van der Waals surface area contributed by atoms with Gasteiger partial charge in [0.15, 0.2) is 0 Å². The molecule has 0 amide bonds. The van der Waals surface area contributed by atoms with Gasteiger partial charge in [0.1, 0.15) is 0 Å². The van der Waals surface area contributed by atoms with Crippen LogP contribution in [0, 0.1) is 0 Å². The fourth-order valence-corrected chi connectivity index (χ4v) is 3.71. The summed E-state index contributed by atoms with van der Waals surface area (Å²) in [6, 6.07) is 11.8. The molecular formula is C17H19N3O3S. The van der Waals surface area contributed by atoms with Crippen LogP contribution in [0.1, 0.15) is 26.3 Å². The number of hydrogen-bond donors (Lipinski definition) is 3. The third-order valence-corrected chi connectivity index (χ3v) is 5.14. The number of rotatable bonds is 3. The molecule has 0 saturated heterocycles. The number of H-pyrrole nitrogens is 2. The summed E-state index contributed by atoms with van der Waals surface area (Å²) in [6.07, 6.45) is 0. The Morgan fingerprint density at radius 3 is 2.33 bits per heavy atom. The Kier molecular flexibility index (Phi) is 3.76. The molecule has 6 nitrogen and oxygen atoms in total. The predicted molar refractivity (Wildman–Crippen MR) is 94.9 cm³/mol. The van der Waals surface area contributed by atoms with E-state index in [2.05, 4.69) is 14.7 Å². The van der Waals surface area contributed by atoms with Crippen LogP contribution in [0.15, 0.2) is 52.2 Å². The number of benzene rings is 2. The van der Waals surface area contributed by atoms with Crippen LogP contribution in [0.2, 0.25) is 0 Å². The van der Waals surface area contributed by atoms with Gasteiger partial charge in [-0.3, -0.25) is 4.72 Å². The third kappa shape index (κ3) is 3.07. The molecule has 24 heavy (non-hydrogen) atoms. The van der Waals surface area contributed by atoms with Crippen molar-refractivity contribution in [3.63, 3.8) is 0 Å². The monoisotopic (exact) mass is 345 g/mol. The lowest BCUT2D eigenvalue weighted by atomic mass is 9.86. The molecular weight excluding hydrogens is 326 g/mol.